The van der Waals surface area contributed by atoms with Crippen LogP contribution >= 0.6 is 35.6 Å². The van der Waals surface area contributed by atoms with Gasteiger partial charge in [0.2, 0.25) is 10.0 Å². The zero-order valence-electron chi connectivity index (χ0n) is 14.9. The standard InChI is InChI=1S/C18H21ClN4O2S.HI/c1-20-18(23-12-9-14-5-2-3-8-17(14)23)21-10-11-22-26(24,25)16-7-4-6-15(19)13-16;/h2-8,13,22H,9-12H2,1H3,(H,20,21);1H. The molecule has 27 heavy (non-hydrogen) atoms. The molecule has 0 unspecified atom stereocenters. The topological polar surface area (TPSA) is 73.8 Å². The van der Waals surface area contributed by atoms with E-state index in [1.165, 1.54) is 17.7 Å². The Morgan fingerprint density at radius 3 is 2.70 bits per heavy atom. The van der Waals surface area contributed by atoms with E-state index < -0.39 is 10.0 Å². The minimum Gasteiger partial charge on any atom is -0.355 e. The summed E-state index contributed by atoms with van der Waals surface area (Å²) in [5.41, 5.74) is 2.43. The molecule has 146 valence electrons. The van der Waals surface area contributed by atoms with Gasteiger partial charge in [-0.05, 0) is 36.2 Å². The van der Waals surface area contributed by atoms with Gasteiger partial charge >= 0.3 is 0 Å². The molecule has 0 fully saturated rings. The number of rotatable bonds is 5. The van der Waals surface area contributed by atoms with Gasteiger partial charge in [-0.15, -0.1) is 24.0 Å². The number of benzene rings is 2. The van der Waals surface area contributed by atoms with E-state index in [0.717, 1.165) is 24.6 Å². The molecule has 1 aliphatic heterocycles. The highest BCUT2D eigenvalue weighted by Gasteiger charge is 2.22. The number of aliphatic imine (C=N–C) groups is 1. The third kappa shape index (κ3) is 5.34. The number of hydrogen-bond acceptors (Lipinski definition) is 3. The van der Waals surface area contributed by atoms with Crippen molar-refractivity contribution in [2.45, 2.75) is 11.3 Å². The minimum atomic E-state index is -3.58. The van der Waals surface area contributed by atoms with Crippen LogP contribution in [0.25, 0.3) is 0 Å². The van der Waals surface area contributed by atoms with E-state index >= 15 is 0 Å². The molecule has 0 saturated heterocycles. The normalized spacial score (nSPS) is 13.9. The third-order valence-corrected chi connectivity index (χ3v) is 5.86. The monoisotopic (exact) mass is 520 g/mol. The number of nitrogens with one attached hydrogen (secondary N) is 2. The van der Waals surface area contributed by atoms with Crippen molar-refractivity contribution in [3.63, 3.8) is 0 Å². The van der Waals surface area contributed by atoms with E-state index in [4.69, 9.17) is 11.6 Å². The van der Waals surface area contributed by atoms with Crippen molar-refractivity contribution in [3.8, 4) is 0 Å². The summed E-state index contributed by atoms with van der Waals surface area (Å²) in [5.74, 6) is 0.733. The second-order valence-electron chi connectivity index (χ2n) is 5.86. The van der Waals surface area contributed by atoms with Gasteiger partial charge in [-0.25, -0.2) is 13.1 Å². The van der Waals surface area contributed by atoms with Crippen LogP contribution in [0.4, 0.5) is 5.69 Å². The molecule has 6 nitrogen and oxygen atoms in total. The van der Waals surface area contributed by atoms with Crippen molar-refractivity contribution < 1.29 is 8.42 Å². The molecular weight excluding hydrogens is 499 g/mol. The Balaban J connectivity index is 0.00000261. The SMILES string of the molecule is CN=C(NCCNS(=O)(=O)c1cccc(Cl)c1)N1CCc2ccccc21.I. The summed E-state index contributed by atoms with van der Waals surface area (Å²) in [7, 11) is -1.86. The van der Waals surface area contributed by atoms with Gasteiger partial charge in [-0.1, -0.05) is 35.9 Å². The quantitative estimate of drug-likeness (QED) is 0.275. The Labute approximate surface area is 182 Å². The average molecular weight is 521 g/mol. The Kier molecular flexibility index (Phi) is 7.90. The molecule has 0 aromatic heterocycles. The molecule has 0 bridgehead atoms. The molecule has 0 saturated carbocycles. The van der Waals surface area contributed by atoms with Crippen molar-refractivity contribution in [1.82, 2.24) is 10.0 Å². The third-order valence-electron chi connectivity index (χ3n) is 4.16. The fraction of sp³-hybridized carbons (Fsp3) is 0.278. The predicted octanol–water partition coefficient (Wildman–Crippen LogP) is 2.87. The molecule has 1 aliphatic rings. The van der Waals surface area contributed by atoms with Crippen LogP contribution < -0.4 is 14.9 Å². The van der Waals surface area contributed by atoms with Crippen LogP contribution in [0.1, 0.15) is 5.56 Å². The second kappa shape index (κ2) is 9.72. The predicted molar refractivity (Wildman–Crippen MR) is 121 cm³/mol. The zero-order valence-corrected chi connectivity index (χ0v) is 18.8. The molecule has 2 N–H and O–H groups in total. The molecule has 0 atom stereocenters. The Bertz CT molecular complexity index is 921. The average Bonchev–Trinajstić information content (AvgIpc) is 3.06. The minimum absolute atomic E-state index is 0. The lowest BCUT2D eigenvalue weighted by Crippen LogP contribution is -2.43. The van der Waals surface area contributed by atoms with Crippen LogP contribution in [0.15, 0.2) is 58.4 Å². The van der Waals surface area contributed by atoms with E-state index in [1.807, 2.05) is 12.1 Å². The summed E-state index contributed by atoms with van der Waals surface area (Å²) in [6.45, 7) is 1.52. The van der Waals surface area contributed by atoms with Gasteiger partial charge in [0.1, 0.15) is 0 Å². The molecule has 0 spiro atoms. The number of halogens is 2. The fourth-order valence-corrected chi connectivity index (χ4v) is 4.26. The number of guanidine groups is 1. The van der Waals surface area contributed by atoms with Crippen molar-refractivity contribution in [2.24, 2.45) is 4.99 Å². The highest BCUT2D eigenvalue weighted by molar-refractivity contribution is 14.0. The van der Waals surface area contributed by atoms with Crippen LogP contribution in [0.2, 0.25) is 5.02 Å². The van der Waals surface area contributed by atoms with Crippen LogP contribution in [-0.2, 0) is 16.4 Å². The van der Waals surface area contributed by atoms with Crippen molar-refractivity contribution in [1.29, 1.82) is 0 Å². The van der Waals surface area contributed by atoms with Gasteiger partial charge in [0.25, 0.3) is 0 Å². The number of para-hydroxylation sites is 1. The molecule has 3 rings (SSSR count). The van der Waals surface area contributed by atoms with Crippen molar-refractivity contribution in [3.05, 3.63) is 59.1 Å². The summed E-state index contributed by atoms with van der Waals surface area (Å²) < 4.78 is 27.1. The molecule has 0 aliphatic carbocycles. The summed E-state index contributed by atoms with van der Waals surface area (Å²) in [6, 6.07) is 14.4. The van der Waals surface area contributed by atoms with E-state index in [9.17, 15) is 8.42 Å². The van der Waals surface area contributed by atoms with E-state index in [-0.39, 0.29) is 35.4 Å². The van der Waals surface area contributed by atoms with Gasteiger partial charge in [-0.2, -0.15) is 0 Å². The van der Waals surface area contributed by atoms with E-state index in [0.29, 0.717) is 11.6 Å². The summed E-state index contributed by atoms with van der Waals surface area (Å²) >= 11 is 5.86. The van der Waals surface area contributed by atoms with Crippen molar-refractivity contribution in [2.75, 3.05) is 31.6 Å². The van der Waals surface area contributed by atoms with Crippen LogP contribution in [0, 0.1) is 0 Å². The number of sulfonamides is 1. The smallest absolute Gasteiger partial charge is 0.240 e. The van der Waals surface area contributed by atoms with Crippen LogP contribution in [-0.4, -0.2) is 41.1 Å². The Hall–Kier alpha value is -1.36. The van der Waals surface area contributed by atoms with E-state index in [2.05, 4.69) is 32.1 Å². The molecule has 0 amide bonds. The molecule has 2 aromatic rings. The van der Waals surface area contributed by atoms with Gasteiger partial charge < -0.3 is 10.2 Å². The lowest BCUT2D eigenvalue weighted by molar-refractivity contribution is 0.580. The molecular formula is C18H22ClIN4O2S. The second-order valence-corrected chi connectivity index (χ2v) is 8.06. The number of nitrogens with zero attached hydrogens (tertiary/aromatic N) is 2. The first-order chi connectivity index (χ1) is 12.5. The maximum Gasteiger partial charge on any atom is 0.240 e. The number of anilines is 1. The first-order valence-corrected chi connectivity index (χ1v) is 10.2. The summed E-state index contributed by atoms with van der Waals surface area (Å²) in [4.78, 5) is 6.58. The number of fused-ring (bicyclic) bond motifs is 1. The highest BCUT2D eigenvalue weighted by atomic mass is 127. The van der Waals surface area contributed by atoms with Crippen LogP contribution in [0.3, 0.4) is 0 Å². The largest absolute Gasteiger partial charge is 0.355 e. The first kappa shape index (κ1) is 21.9. The number of hydrogen-bond donors (Lipinski definition) is 2. The maximum absolute atomic E-state index is 12.3. The summed E-state index contributed by atoms with van der Waals surface area (Å²) in [6.07, 6.45) is 0.971. The van der Waals surface area contributed by atoms with E-state index in [1.54, 1.807) is 19.2 Å². The Morgan fingerprint density at radius 1 is 1.19 bits per heavy atom. The molecule has 2 aromatic carbocycles. The lowest BCUT2D eigenvalue weighted by atomic mass is 10.2. The Morgan fingerprint density at radius 2 is 1.96 bits per heavy atom. The first-order valence-electron chi connectivity index (χ1n) is 8.32. The maximum atomic E-state index is 12.3. The van der Waals surface area contributed by atoms with Gasteiger partial charge in [0.15, 0.2) is 5.96 Å². The molecule has 0 radical (unpaired) electrons. The fourth-order valence-electron chi connectivity index (χ4n) is 2.93. The van der Waals surface area contributed by atoms with Gasteiger partial charge in [0, 0.05) is 37.4 Å². The zero-order chi connectivity index (χ0) is 18.6. The lowest BCUT2D eigenvalue weighted by Gasteiger charge is -2.22. The molecule has 1 heterocycles. The molecule has 9 heteroatoms. The summed E-state index contributed by atoms with van der Waals surface area (Å²) in [5, 5.41) is 3.60. The van der Waals surface area contributed by atoms with Gasteiger partial charge in [-0.3, -0.25) is 4.99 Å². The van der Waals surface area contributed by atoms with Gasteiger partial charge in [0.05, 0.1) is 4.90 Å². The van der Waals surface area contributed by atoms with Crippen molar-refractivity contribution >= 4 is 57.2 Å². The highest BCUT2D eigenvalue weighted by Crippen LogP contribution is 2.27. The van der Waals surface area contributed by atoms with Crippen LogP contribution in [0.5, 0.6) is 0 Å².